The van der Waals surface area contributed by atoms with E-state index < -0.39 is 10.1 Å². The van der Waals surface area contributed by atoms with Crippen molar-refractivity contribution in [1.29, 1.82) is 0 Å². The highest BCUT2D eigenvalue weighted by Crippen LogP contribution is 2.41. The first kappa shape index (κ1) is 20.8. The van der Waals surface area contributed by atoms with E-state index in [9.17, 15) is 8.42 Å². The van der Waals surface area contributed by atoms with Gasteiger partial charge in [-0.1, -0.05) is 61.5 Å². The summed E-state index contributed by atoms with van der Waals surface area (Å²) >= 11 is 0. The first-order chi connectivity index (χ1) is 12.9. The summed E-state index contributed by atoms with van der Waals surface area (Å²) < 4.78 is 28.2. The first-order valence-corrected chi connectivity index (χ1v) is 10.5. The van der Waals surface area contributed by atoms with Crippen LogP contribution in [0.5, 0.6) is 0 Å². The van der Waals surface area contributed by atoms with Crippen LogP contribution in [0, 0.1) is 0 Å². The third-order valence-electron chi connectivity index (χ3n) is 4.28. The molecule has 3 rings (SSSR count). The summed E-state index contributed by atoms with van der Waals surface area (Å²) in [7, 11) is -1.44. The second-order valence-corrected chi connectivity index (χ2v) is 7.87. The maximum Gasteiger partial charge on any atom is 0.264 e. The van der Waals surface area contributed by atoms with E-state index in [1.54, 1.807) is 6.92 Å². The molecule has 1 N–H and O–H groups in total. The van der Waals surface area contributed by atoms with E-state index in [-0.39, 0.29) is 5.75 Å². The van der Waals surface area contributed by atoms with Gasteiger partial charge in [-0.3, -0.25) is 4.55 Å². The van der Waals surface area contributed by atoms with Gasteiger partial charge in [0.15, 0.2) is 0 Å². The molecular weight excluding hydrogens is 358 g/mol. The molecule has 0 fully saturated rings. The molecule has 3 aromatic rings. The van der Waals surface area contributed by atoms with Gasteiger partial charge in [0.05, 0.1) is 12.8 Å². The fraction of sp³-hybridized carbons (Fsp3) is 0.182. The van der Waals surface area contributed by atoms with Gasteiger partial charge in [0.1, 0.15) is 17.1 Å². The minimum absolute atomic E-state index is 0.132. The number of quaternary nitrogens is 1. The maximum atomic E-state index is 9.79. The Labute approximate surface area is 162 Å². The van der Waals surface area contributed by atoms with Crippen LogP contribution < -0.4 is 4.48 Å². The predicted octanol–water partition coefficient (Wildman–Crippen LogP) is 5.57. The van der Waals surface area contributed by atoms with Crippen LogP contribution in [0.2, 0.25) is 0 Å². The summed E-state index contributed by atoms with van der Waals surface area (Å²) in [6.07, 6.45) is 0.471. The molecule has 0 atom stereocenters. The number of hydrogen-bond donors (Lipinski definition) is 1. The van der Waals surface area contributed by atoms with E-state index in [1.807, 2.05) is 0 Å². The molecule has 142 valence electrons. The van der Waals surface area contributed by atoms with Gasteiger partial charge in [0, 0.05) is 0 Å². The average Bonchev–Trinajstić information content (AvgIpc) is 2.69. The van der Waals surface area contributed by atoms with Gasteiger partial charge >= 0.3 is 0 Å². The lowest BCUT2D eigenvalue weighted by Gasteiger charge is -2.33. The third-order valence-corrected chi connectivity index (χ3v) is 5.20. The van der Waals surface area contributed by atoms with Gasteiger partial charge in [0.2, 0.25) is 0 Å². The Morgan fingerprint density at radius 3 is 1.19 bits per heavy atom. The smallest absolute Gasteiger partial charge is 0.264 e. The zero-order chi connectivity index (χ0) is 19.8. The highest BCUT2D eigenvalue weighted by Gasteiger charge is 2.30. The number of nitrogens with zero attached hydrogens (tertiary/aromatic N) is 1. The second-order valence-electron chi connectivity index (χ2n) is 6.30. The Balaban J connectivity index is 0.000000321. The summed E-state index contributed by atoms with van der Waals surface area (Å²) in [6, 6.07) is 31.8. The van der Waals surface area contributed by atoms with Crippen LogP contribution in [0.1, 0.15) is 13.3 Å². The molecule has 4 nitrogen and oxygen atoms in total. The molecule has 0 amide bonds. The monoisotopic (exact) mass is 384 g/mol. The Bertz CT molecular complexity index is 815. The Morgan fingerprint density at radius 1 is 0.704 bits per heavy atom. The Hall–Kier alpha value is -2.47. The lowest BCUT2D eigenvalue weighted by atomic mass is 10.1. The molecule has 0 aliphatic heterocycles. The van der Waals surface area contributed by atoms with Gasteiger partial charge in [-0.15, -0.1) is 0 Å². The SMILES string of the molecule is CCCS(=O)(=O)O.C[N+](c1ccccc1)(c1ccccc1)c1ccccc1. The highest BCUT2D eigenvalue weighted by molar-refractivity contribution is 7.85. The molecule has 0 spiro atoms. The lowest BCUT2D eigenvalue weighted by molar-refractivity contribution is 0.482. The maximum absolute atomic E-state index is 9.79. The van der Waals surface area contributed by atoms with Crippen molar-refractivity contribution >= 4 is 27.2 Å². The minimum Gasteiger partial charge on any atom is -0.286 e. The minimum atomic E-state index is -3.67. The summed E-state index contributed by atoms with van der Waals surface area (Å²) in [5, 5.41) is 0. The van der Waals surface area contributed by atoms with Crippen LogP contribution in [0.4, 0.5) is 17.1 Å². The molecule has 27 heavy (non-hydrogen) atoms. The summed E-state index contributed by atoms with van der Waals surface area (Å²) in [6.45, 7) is 1.69. The van der Waals surface area contributed by atoms with E-state index >= 15 is 0 Å². The van der Waals surface area contributed by atoms with Crippen molar-refractivity contribution in [1.82, 2.24) is 4.48 Å². The van der Waals surface area contributed by atoms with Crippen molar-refractivity contribution in [3.05, 3.63) is 91.0 Å². The third kappa shape index (κ3) is 5.76. The van der Waals surface area contributed by atoms with Crippen LogP contribution in [-0.4, -0.2) is 25.8 Å². The molecule has 0 aliphatic carbocycles. The molecule has 0 aromatic heterocycles. The summed E-state index contributed by atoms with van der Waals surface area (Å²) in [5.74, 6) is -0.132. The highest BCUT2D eigenvalue weighted by atomic mass is 32.2. The number of benzene rings is 3. The van der Waals surface area contributed by atoms with Gasteiger partial charge in [-0.05, 0) is 42.8 Å². The van der Waals surface area contributed by atoms with Gasteiger partial charge < -0.3 is 0 Å². The quantitative estimate of drug-likeness (QED) is 0.462. The van der Waals surface area contributed by atoms with E-state index in [2.05, 4.69) is 98.0 Å². The normalized spacial score (nSPS) is 11.4. The van der Waals surface area contributed by atoms with E-state index in [4.69, 9.17) is 4.55 Å². The fourth-order valence-corrected chi connectivity index (χ4v) is 3.40. The van der Waals surface area contributed by atoms with Gasteiger partial charge in [-0.25, -0.2) is 4.48 Å². The Kier molecular flexibility index (Phi) is 7.30. The van der Waals surface area contributed by atoms with Crippen LogP contribution in [-0.2, 0) is 10.1 Å². The molecule has 0 aliphatic rings. The molecular formula is C22H26NO3S+. The van der Waals surface area contributed by atoms with Gasteiger partial charge in [0.25, 0.3) is 10.1 Å². The molecule has 5 heteroatoms. The van der Waals surface area contributed by atoms with E-state index in [0.717, 1.165) is 0 Å². The molecule has 0 saturated heterocycles. The predicted molar refractivity (Wildman–Crippen MR) is 113 cm³/mol. The molecule has 3 aromatic carbocycles. The van der Waals surface area contributed by atoms with Crippen molar-refractivity contribution in [2.45, 2.75) is 13.3 Å². The molecule has 0 saturated carbocycles. The lowest BCUT2D eigenvalue weighted by Crippen LogP contribution is -2.33. The average molecular weight is 385 g/mol. The van der Waals surface area contributed by atoms with Crippen molar-refractivity contribution in [2.24, 2.45) is 0 Å². The number of para-hydroxylation sites is 3. The standard InChI is InChI=1S/C19H18N.C3H8O3S/c1-20(17-11-5-2-6-12-17,18-13-7-3-8-14-18)19-15-9-4-10-16-19;1-2-3-7(4,5)6/h2-16H,1H3;2-3H2,1H3,(H,4,5,6)/q+1;. The van der Waals surface area contributed by atoms with Crippen molar-refractivity contribution in [2.75, 3.05) is 12.8 Å². The van der Waals surface area contributed by atoms with E-state index in [1.165, 1.54) is 17.1 Å². The molecule has 0 bridgehead atoms. The van der Waals surface area contributed by atoms with Crippen LogP contribution in [0.25, 0.3) is 0 Å². The van der Waals surface area contributed by atoms with Crippen molar-refractivity contribution < 1.29 is 13.0 Å². The second kappa shape index (κ2) is 9.46. The number of rotatable bonds is 5. The fourth-order valence-electron chi connectivity index (χ4n) is 2.88. The zero-order valence-corrected chi connectivity index (χ0v) is 16.5. The topological polar surface area (TPSA) is 54.4 Å². The zero-order valence-electron chi connectivity index (χ0n) is 15.7. The summed E-state index contributed by atoms with van der Waals surface area (Å²) in [5.41, 5.74) is 3.76. The number of hydrogen-bond acceptors (Lipinski definition) is 2. The molecule has 0 unspecified atom stereocenters. The van der Waals surface area contributed by atoms with Crippen LogP contribution in [0.15, 0.2) is 91.0 Å². The molecule has 0 heterocycles. The van der Waals surface area contributed by atoms with Crippen LogP contribution in [0.3, 0.4) is 0 Å². The van der Waals surface area contributed by atoms with Gasteiger partial charge in [-0.2, -0.15) is 8.42 Å². The van der Waals surface area contributed by atoms with E-state index in [0.29, 0.717) is 10.9 Å². The Morgan fingerprint density at radius 2 is 1.00 bits per heavy atom. The molecule has 0 radical (unpaired) electrons. The van der Waals surface area contributed by atoms with Crippen molar-refractivity contribution in [3.8, 4) is 0 Å². The first-order valence-electron chi connectivity index (χ1n) is 8.86. The summed E-state index contributed by atoms with van der Waals surface area (Å²) in [4.78, 5) is 0. The van der Waals surface area contributed by atoms with Crippen molar-refractivity contribution in [3.63, 3.8) is 0 Å². The largest absolute Gasteiger partial charge is 0.286 e. The van der Waals surface area contributed by atoms with Crippen LogP contribution >= 0.6 is 0 Å².